The molecule has 0 aliphatic heterocycles. The lowest BCUT2D eigenvalue weighted by Crippen LogP contribution is -2.41. The first-order valence-electron chi connectivity index (χ1n) is 4.89. The molecule has 0 radical (unpaired) electrons. The van der Waals surface area contributed by atoms with Crippen LogP contribution in [0, 0.1) is 5.41 Å². The minimum absolute atomic E-state index is 0.319. The maximum Gasteiger partial charge on any atom is 0.0152 e. The van der Waals surface area contributed by atoms with Crippen LogP contribution in [-0.2, 0) is 0 Å². The molecule has 0 bridgehead atoms. The minimum atomic E-state index is 0.319. The molecule has 0 aliphatic carbocycles. The predicted octanol–water partition coefficient (Wildman–Crippen LogP) is 3.15. The van der Waals surface area contributed by atoms with Crippen molar-refractivity contribution in [3.8, 4) is 0 Å². The lowest BCUT2D eigenvalue weighted by molar-refractivity contribution is 0.118. The third-order valence-electron chi connectivity index (χ3n) is 3.08. The second-order valence-electron chi connectivity index (χ2n) is 5.40. The molecule has 0 aromatic carbocycles. The van der Waals surface area contributed by atoms with Gasteiger partial charge in [-0.05, 0) is 39.8 Å². The monoisotopic (exact) mass is 171 g/mol. The summed E-state index contributed by atoms with van der Waals surface area (Å²) in [6.07, 6.45) is 2.51. The highest BCUT2D eigenvalue weighted by Crippen LogP contribution is 2.32. The highest BCUT2D eigenvalue weighted by Gasteiger charge is 2.28. The molecular formula is C11H25N. The fourth-order valence-corrected chi connectivity index (χ4v) is 1.45. The summed E-state index contributed by atoms with van der Waals surface area (Å²) in [5.41, 5.74) is 0.785. The molecule has 0 atom stereocenters. The average Bonchev–Trinajstić information content (AvgIpc) is 1.85. The molecule has 0 aromatic heterocycles. The van der Waals surface area contributed by atoms with E-state index in [0.29, 0.717) is 11.0 Å². The second kappa shape index (κ2) is 3.78. The van der Waals surface area contributed by atoms with E-state index in [2.05, 4.69) is 53.6 Å². The van der Waals surface area contributed by atoms with Gasteiger partial charge in [-0.3, -0.25) is 0 Å². The van der Waals surface area contributed by atoms with Crippen molar-refractivity contribution in [2.75, 3.05) is 14.1 Å². The molecular weight excluding hydrogens is 146 g/mol. The van der Waals surface area contributed by atoms with Crippen LogP contribution in [-0.4, -0.2) is 24.5 Å². The number of hydrogen-bond acceptors (Lipinski definition) is 1. The van der Waals surface area contributed by atoms with Gasteiger partial charge in [0.25, 0.3) is 0 Å². The van der Waals surface area contributed by atoms with Gasteiger partial charge in [0.2, 0.25) is 0 Å². The standard InChI is InChI=1S/C11H25N/c1-8-10(2,3)9-11(4,5)12(6)7/h8-9H2,1-7H3. The number of rotatable bonds is 4. The van der Waals surface area contributed by atoms with E-state index in [9.17, 15) is 0 Å². The summed E-state index contributed by atoms with van der Waals surface area (Å²) in [6.45, 7) is 11.6. The summed E-state index contributed by atoms with van der Waals surface area (Å²) in [4.78, 5) is 2.31. The molecule has 0 heterocycles. The smallest absolute Gasteiger partial charge is 0.0152 e. The van der Waals surface area contributed by atoms with Gasteiger partial charge in [-0.25, -0.2) is 0 Å². The van der Waals surface area contributed by atoms with Crippen LogP contribution in [0.1, 0.15) is 47.5 Å². The summed E-state index contributed by atoms with van der Waals surface area (Å²) in [6, 6.07) is 0. The zero-order chi connectivity index (χ0) is 9.99. The van der Waals surface area contributed by atoms with Crippen LogP contribution >= 0.6 is 0 Å². The fourth-order valence-electron chi connectivity index (χ4n) is 1.45. The molecule has 0 spiro atoms. The van der Waals surface area contributed by atoms with Gasteiger partial charge in [0, 0.05) is 5.54 Å². The van der Waals surface area contributed by atoms with Crippen LogP contribution in [0.2, 0.25) is 0 Å². The molecule has 0 aromatic rings. The van der Waals surface area contributed by atoms with Gasteiger partial charge in [-0.15, -0.1) is 0 Å². The Morgan fingerprint density at radius 2 is 1.42 bits per heavy atom. The summed E-state index contributed by atoms with van der Waals surface area (Å²) in [7, 11) is 4.32. The first-order valence-corrected chi connectivity index (χ1v) is 4.89. The van der Waals surface area contributed by atoms with E-state index in [1.165, 1.54) is 12.8 Å². The minimum Gasteiger partial charge on any atom is -0.304 e. The largest absolute Gasteiger partial charge is 0.304 e. The summed E-state index contributed by atoms with van der Waals surface area (Å²) in [5, 5.41) is 0. The third-order valence-corrected chi connectivity index (χ3v) is 3.08. The SMILES string of the molecule is CCC(C)(C)CC(C)(C)N(C)C. The van der Waals surface area contributed by atoms with Crippen LogP contribution < -0.4 is 0 Å². The second-order valence-corrected chi connectivity index (χ2v) is 5.40. The molecule has 0 amide bonds. The van der Waals surface area contributed by atoms with Gasteiger partial charge in [-0.1, -0.05) is 27.2 Å². The first kappa shape index (κ1) is 12.0. The van der Waals surface area contributed by atoms with Gasteiger partial charge in [-0.2, -0.15) is 0 Å². The van der Waals surface area contributed by atoms with Crippen LogP contribution in [0.15, 0.2) is 0 Å². The Balaban J connectivity index is 4.23. The molecule has 0 saturated heterocycles. The quantitative estimate of drug-likeness (QED) is 0.628. The maximum absolute atomic E-state index is 2.35. The van der Waals surface area contributed by atoms with Gasteiger partial charge in [0.1, 0.15) is 0 Å². The maximum atomic E-state index is 2.35. The normalized spacial score (nSPS) is 14.0. The summed E-state index contributed by atoms with van der Waals surface area (Å²) in [5.74, 6) is 0. The van der Waals surface area contributed by atoms with Gasteiger partial charge in [0.05, 0.1) is 0 Å². The van der Waals surface area contributed by atoms with Crippen molar-refractivity contribution in [3.63, 3.8) is 0 Å². The van der Waals surface area contributed by atoms with Crippen LogP contribution in [0.5, 0.6) is 0 Å². The molecule has 0 aliphatic rings. The number of nitrogens with zero attached hydrogens (tertiary/aromatic N) is 1. The highest BCUT2D eigenvalue weighted by atomic mass is 15.1. The molecule has 1 heteroatoms. The Bertz CT molecular complexity index is 134. The Kier molecular flexibility index (Phi) is 3.77. The zero-order valence-corrected chi connectivity index (χ0v) is 9.86. The van der Waals surface area contributed by atoms with Crippen molar-refractivity contribution in [2.45, 2.75) is 53.0 Å². The van der Waals surface area contributed by atoms with E-state index in [1.54, 1.807) is 0 Å². The predicted molar refractivity (Wildman–Crippen MR) is 56.5 cm³/mol. The average molecular weight is 171 g/mol. The zero-order valence-electron chi connectivity index (χ0n) is 9.86. The fraction of sp³-hybridized carbons (Fsp3) is 1.00. The third kappa shape index (κ3) is 3.57. The van der Waals surface area contributed by atoms with Crippen LogP contribution in [0.4, 0.5) is 0 Å². The van der Waals surface area contributed by atoms with Crippen molar-refractivity contribution in [1.82, 2.24) is 4.90 Å². The van der Waals surface area contributed by atoms with Crippen molar-refractivity contribution in [2.24, 2.45) is 5.41 Å². The molecule has 12 heavy (non-hydrogen) atoms. The van der Waals surface area contributed by atoms with Crippen molar-refractivity contribution >= 4 is 0 Å². The molecule has 0 unspecified atom stereocenters. The van der Waals surface area contributed by atoms with Crippen LogP contribution in [0.3, 0.4) is 0 Å². The van der Waals surface area contributed by atoms with Gasteiger partial charge < -0.3 is 4.90 Å². The first-order chi connectivity index (χ1) is 5.21. The molecule has 0 saturated carbocycles. The van der Waals surface area contributed by atoms with E-state index in [-0.39, 0.29) is 0 Å². The lowest BCUT2D eigenvalue weighted by Gasteiger charge is -2.39. The van der Waals surface area contributed by atoms with Gasteiger partial charge >= 0.3 is 0 Å². The van der Waals surface area contributed by atoms with E-state index in [1.807, 2.05) is 0 Å². The molecule has 74 valence electrons. The lowest BCUT2D eigenvalue weighted by atomic mass is 9.78. The summed E-state index contributed by atoms with van der Waals surface area (Å²) >= 11 is 0. The Morgan fingerprint density at radius 3 is 1.67 bits per heavy atom. The molecule has 0 rings (SSSR count). The van der Waals surface area contributed by atoms with E-state index < -0.39 is 0 Å². The van der Waals surface area contributed by atoms with E-state index in [0.717, 1.165) is 0 Å². The molecule has 0 fully saturated rings. The molecule has 1 nitrogen and oxygen atoms in total. The van der Waals surface area contributed by atoms with E-state index in [4.69, 9.17) is 0 Å². The number of hydrogen-bond donors (Lipinski definition) is 0. The summed E-state index contributed by atoms with van der Waals surface area (Å²) < 4.78 is 0. The van der Waals surface area contributed by atoms with Crippen molar-refractivity contribution in [1.29, 1.82) is 0 Å². The van der Waals surface area contributed by atoms with Gasteiger partial charge in [0.15, 0.2) is 0 Å². The molecule has 0 N–H and O–H groups in total. The highest BCUT2D eigenvalue weighted by molar-refractivity contribution is 4.84. The Hall–Kier alpha value is -0.0400. The topological polar surface area (TPSA) is 3.24 Å². The van der Waals surface area contributed by atoms with Crippen LogP contribution in [0.25, 0.3) is 0 Å². The van der Waals surface area contributed by atoms with Crippen molar-refractivity contribution < 1.29 is 0 Å². The van der Waals surface area contributed by atoms with Crippen molar-refractivity contribution in [3.05, 3.63) is 0 Å². The Morgan fingerprint density at radius 1 is 1.00 bits per heavy atom. The van der Waals surface area contributed by atoms with E-state index >= 15 is 0 Å². The Labute approximate surface area is 78.1 Å².